The van der Waals surface area contributed by atoms with E-state index in [1.165, 1.54) is 12.4 Å². The Labute approximate surface area is 123 Å². The highest BCUT2D eigenvalue weighted by Gasteiger charge is 2.00. The van der Waals surface area contributed by atoms with E-state index in [4.69, 9.17) is 11.6 Å². The Morgan fingerprint density at radius 3 is 2.29 bits per heavy atom. The number of halogens is 1. The van der Waals surface area contributed by atoms with Gasteiger partial charge in [-0.05, 0) is 46.3 Å². The van der Waals surface area contributed by atoms with Crippen molar-refractivity contribution in [2.45, 2.75) is 0 Å². The molecule has 0 bridgehead atoms. The second-order valence-electron chi connectivity index (χ2n) is 3.64. The van der Waals surface area contributed by atoms with Crippen molar-refractivity contribution in [2.24, 2.45) is 0 Å². The van der Waals surface area contributed by atoms with Crippen molar-refractivity contribution in [2.75, 3.05) is 0 Å². The van der Waals surface area contributed by atoms with Gasteiger partial charge in [0.2, 0.25) is 0 Å². The Morgan fingerprint density at radius 1 is 1.14 bits per heavy atom. The van der Waals surface area contributed by atoms with E-state index >= 15 is 0 Å². The third kappa shape index (κ3) is 4.05. The summed E-state index contributed by atoms with van der Waals surface area (Å²) < 4.78 is 1.13. The van der Waals surface area contributed by atoms with Crippen LogP contribution in [0.3, 0.4) is 0 Å². The van der Waals surface area contributed by atoms with Gasteiger partial charge in [-0.15, -0.1) is 0 Å². The van der Waals surface area contributed by atoms with Crippen LogP contribution in [0.5, 0.6) is 0 Å². The number of hydrogen-bond donors (Lipinski definition) is 1. The summed E-state index contributed by atoms with van der Waals surface area (Å²) in [6.07, 6.45) is 6.16. The summed E-state index contributed by atoms with van der Waals surface area (Å²) in [4.78, 5) is 28.9. The zero-order chi connectivity index (χ0) is 15.1. The molecule has 3 aromatic rings. The number of carbonyl (C=O) groups is 1. The average molecular weight is 305 g/mol. The van der Waals surface area contributed by atoms with E-state index in [0.717, 1.165) is 4.68 Å². The molecule has 3 aromatic heterocycles. The molecule has 106 valence electrons. The first-order valence-electron chi connectivity index (χ1n) is 5.69. The van der Waals surface area contributed by atoms with E-state index in [1.807, 2.05) is 0 Å². The van der Waals surface area contributed by atoms with Crippen LogP contribution in [0.2, 0.25) is 0 Å². The molecule has 1 N–H and O–H groups in total. The molecule has 0 aromatic carbocycles. The first-order chi connectivity index (χ1) is 10.2. The van der Waals surface area contributed by atoms with Crippen LogP contribution >= 0.6 is 11.6 Å². The lowest BCUT2D eigenvalue weighted by Crippen LogP contribution is -2.15. The van der Waals surface area contributed by atoms with Crippen LogP contribution in [0.4, 0.5) is 0 Å². The molecule has 3 rings (SSSR count). The lowest BCUT2D eigenvalue weighted by atomic mass is 10.3. The molecule has 21 heavy (non-hydrogen) atoms. The van der Waals surface area contributed by atoms with Gasteiger partial charge in [0, 0.05) is 18.6 Å². The van der Waals surface area contributed by atoms with Gasteiger partial charge in [0.05, 0.1) is 17.4 Å². The molecule has 0 fully saturated rings. The average Bonchev–Trinajstić information content (AvgIpc) is 2.96. The van der Waals surface area contributed by atoms with Crippen molar-refractivity contribution in [3.05, 3.63) is 65.1 Å². The standard InChI is InChI=1S/C6H4ClNO.C6H5N5O/c7-6(9)5-2-1-3-8-4-5;12-6-8-9-10-11(6)5-2-1-3-7-4-5/h1-4H;1-4H,(H,8,10,12). The maximum Gasteiger partial charge on any atom is 0.365 e. The minimum atomic E-state index is -0.469. The Morgan fingerprint density at radius 2 is 1.86 bits per heavy atom. The summed E-state index contributed by atoms with van der Waals surface area (Å²) in [6, 6.07) is 6.71. The van der Waals surface area contributed by atoms with Crippen LogP contribution in [0.25, 0.3) is 5.69 Å². The normalized spacial score (nSPS) is 9.57. The van der Waals surface area contributed by atoms with Crippen LogP contribution in [0.1, 0.15) is 10.4 Å². The molecule has 0 amide bonds. The minimum Gasteiger partial charge on any atom is -0.276 e. The predicted molar refractivity (Wildman–Crippen MR) is 74.2 cm³/mol. The van der Waals surface area contributed by atoms with Crippen LogP contribution in [0.15, 0.2) is 53.8 Å². The number of carbonyl (C=O) groups excluding carboxylic acids is 1. The number of nitrogens with one attached hydrogen (secondary N) is 1. The molecule has 0 atom stereocenters. The fraction of sp³-hybridized carbons (Fsp3) is 0. The van der Waals surface area contributed by atoms with Gasteiger partial charge in [0.25, 0.3) is 5.24 Å². The van der Waals surface area contributed by atoms with Crippen LogP contribution < -0.4 is 5.69 Å². The summed E-state index contributed by atoms with van der Waals surface area (Å²) in [5.41, 5.74) is 0.651. The first kappa shape index (κ1) is 14.5. The van der Waals surface area contributed by atoms with Crippen molar-refractivity contribution >= 4 is 16.8 Å². The van der Waals surface area contributed by atoms with Crippen molar-refractivity contribution in [3.63, 3.8) is 0 Å². The monoisotopic (exact) mass is 304 g/mol. The molecular weight excluding hydrogens is 296 g/mol. The summed E-state index contributed by atoms with van der Waals surface area (Å²) in [5, 5.41) is 8.61. The molecule has 0 saturated carbocycles. The third-order valence-electron chi connectivity index (χ3n) is 2.25. The molecule has 0 unspecified atom stereocenters. The third-order valence-corrected chi connectivity index (χ3v) is 2.47. The second-order valence-corrected chi connectivity index (χ2v) is 3.99. The Balaban J connectivity index is 0.000000161. The molecule has 3 heterocycles. The topological polar surface area (TPSA) is 106 Å². The summed E-state index contributed by atoms with van der Waals surface area (Å²) in [6.45, 7) is 0. The molecular formula is C12H9ClN6O2. The van der Waals surface area contributed by atoms with Crippen molar-refractivity contribution < 1.29 is 4.79 Å². The Kier molecular flexibility index (Phi) is 4.89. The number of tetrazole rings is 1. The van der Waals surface area contributed by atoms with Crippen molar-refractivity contribution in [1.29, 1.82) is 0 Å². The maximum absolute atomic E-state index is 11.0. The zero-order valence-corrected chi connectivity index (χ0v) is 11.3. The maximum atomic E-state index is 11.0. The Bertz CT molecular complexity index is 756. The van der Waals surface area contributed by atoms with Gasteiger partial charge in [-0.25, -0.2) is 9.89 Å². The Hall–Kier alpha value is -2.87. The minimum absolute atomic E-state index is 0.372. The van der Waals surface area contributed by atoms with Crippen molar-refractivity contribution in [3.8, 4) is 5.69 Å². The zero-order valence-electron chi connectivity index (χ0n) is 10.5. The quantitative estimate of drug-likeness (QED) is 0.702. The highest BCUT2D eigenvalue weighted by molar-refractivity contribution is 6.67. The van der Waals surface area contributed by atoms with Crippen LogP contribution in [-0.4, -0.2) is 35.4 Å². The van der Waals surface area contributed by atoms with E-state index in [9.17, 15) is 9.59 Å². The molecule has 0 aliphatic rings. The van der Waals surface area contributed by atoms with E-state index in [2.05, 4.69) is 25.5 Å². The van der Waals surface area contributed by atoms with E-state index < -0.39 is 5.24 Å². The fourth-order valence-corrected chi connectivity index (χ4v) is 1.44. The molecule has 9 heteroatoms. The van der Waals surface area contributed by atoms with Crippen LogP contribution in [0, 0.1) is 0 Å². The molecule has 0 aliphatic carbocycles. The molecule has 0 saturated heterocycles. The molecule has 0 spiro atoms. The van der Waals surface area contributed by atoms with Gasteiger partial charge >= 0.3 is 5.69 Å². The predicted octanol–water partition coefficient (Wildman–Crippen LogP) is 0.811. The highest BCUT2D eigenvalue weighted by atomic mass is 35.5. The molecule has 0 radical (unpaired) electrons. The van der Waals surface area contributed by atoms with Crippen molar-refractivity contribution in [1.82, 2.24) is 30.2 Å². The van der Waals surface area contributed by atoms with Crippen LogP contribution in [-0.2, 0) is 0 Å². The van der Waals surface area contributed by atoms with Gasteiger partial charge in [0.1, 0.15) is 0 Å². The summed E-state index contributed by atoms with van der Waals surface area (Å²) >= 11 is 5.12. The summed E-state index contributed by atoms with van der Waals surface area (Å²) in [5.74, 6) is 0. The first-order valence-corrected chi connectivity index (χ1v) is 6.07. The number of aromatic amines is 1. The number of rotatable bonds is 2. The molecule has 8 nitrogen and oxygen atoms in total. The largest absolute Gasteiger partial charge is 0.365 e. The number of aromatic nitrogens is 6. The molecule has 0 aliphatic heterocycles. The number of hydrogen-bond acceptors (Lipinski definition) is 6. The lowest BCUT2D eigenvalue weighted by Gasteiger charge is -1.93. The van der Waals surface area contributed by atoms with E-state index in [0.29, 0.717) is 11.3 Å². The fourth-order valence-electron chi connectivity index (χ4n) is 1.32. The van der Waals surface area contributed by atoms with Gasteiger partial charge in [0.15, 0.2) is 0 Å². The SMILES string of the molecule is O=C(Cl)c1cccnc1.O=c1[nH]nnn1-c1cccnc1. The number of pyridine rings is 2. The van der Waals surface area contributed by atoms with Gasteiger partial charge in [-0.2, -0.15) is 4.68 Å². The van der Waals surface area contributed by atoms with E-state index in [1.54, 1.807) is 36.7 Å². The summed E-state index contributed by atoms with van der Waals surface area (Å²) in [7, 11) is 0. The number of nitrogens with zero attached hydrogens (tertiary/aromatic N) is 5. The van der Waals surface area contributed by atoms with E-state index in [-0.39, 0.29) is 5.69 Å². The van der Waals surface area contributed by atoms with Gasteiger partial charge < -0.3 is 0 Å². The second kappa shape index (κ2) is 7.06. The smallest absolute Gasteiger partial charge is 0.276 e. The lowest BCUT2D eigenvalue weighted by molar-refractivity contribution is 0.108. The van der Waals surface area contributed by atoms with Gasteiger partial charge in [-0.1, -0.05) is 0 Å². The van der Waals surface area contributed by atoms with Gasteiger partial charge in [-0.3, -0.25) is 14.8 Å². The highest BCUT2D eigenvalue weighted by Crippen LogP contribution is 1.99. The number of H-pyrrole nitrogens is 1.